The molecule has 6 rings (SSSR count). The SMILES string of the molecule is CCOC(=O)C1=C(c2ccccc2)N=c2s/c(=C\c3cccc(OC)c3OCc3ccc([N+](=O)[O-])cc3)c(=O)n2[C@H]1c1ccc(Cl)cc1. The molecule has 0 N–H and O–H groups in total. The van der Waals surface area contributed by atoms with Crippen molar-refractivity contribution in [1.82, 2.24) is 4.57 Å². The highest BCUT2D eigenvalue weighted by atomic mass is 35.5. The number of esters is 1. The van der Waals surface area contributed by atoms with Gasteiger partial charge in [0.1, 0.15) is 6.61 Å². The van der Waals surface area contributed by atoms with Crippen molar-refractivity contribution < 1.29 is 23.9 Å². The number of ether oxygens (including phenoxy) is 3. The zero-order valence-corrected chi connectivity index (χ0v) is 27.4. The van der Waals surface area contributed by atoms with Crippen LogP contribution in [-0.4, -0.2) is 29.2 Å². The number of rotatable bonds is 10. The summed E-state index contributed by atoms with van der Waals surface area (Å²) in [6.07, 6.45) is 1.70. The Morgan fingerprint density at radius 1 is 1.02 bits per heavy atom. The molecule has 0 fully saturated rings. The fraction of sp³-hybridized carbons (Fsp3) is 0.139. The van der Waals surface area contributed by atoms with Gasteiger partial charge in [-0.25, -0.2) is 9.79 Å². The molecular weight excluding hydrogens is 654 g/mol. The number of nitrogens with zero attached hydrogens (tertiary/aromatic N) is 3. The maximum Gasteiger partial charge on any atom is 0.338 e. The first-order valence-electron chi connectivity index (χ1n) is 14.9. The van der Waals surface area contributed by atoms with Gasteiger partial charge >= 0.3 is 5.97 Å². The highest BCUT2D eigenvalue weighted by Gasteiger charge is 2.35. The van der Waals surface area contributed by atoms with E-state index in [2.05, 4.69) is 0 Å². The van der Waals surface area contributed by atoms with Gasteiger partial charge in [0.25, 0.3) is 11.2 Å². The Hall–Kier alpha value is -5.52. The van der Waals surface area contributed by atoms with Crippen molar-refractivity contribution in [2.45, 2.75) is 19.6 Å². The maximum absolute atomic E-state index is 14.3. The molecule has 0 saturated carbocycles. The van der Waals surface area contributed by atoms with Crippen molar-refractivity contribution >= 4 is 46.4 Å². The van der Waals surface area contributed by atoms with Crippen molar-refractivity contribution in [3.63, 3.8) is 0 Å². The molecule has 0 saturated heterocycles. The van der Waals surface area contributed by atoms with E-state index in [-0.39, 0.29) is 30.0 Å². The Kier molecular flexibility index (Phi) is 9.51. The fourth-order valence-corrected chi connectivity index (χ4v) is 6.49. The van der Waals surface area contributed by atoms with Gasteiger partial charge < -0.3 is 14.2 Å². The van der Waals surface area contributed by atoms with Crippen LogP contribution in [0.15, 0.2) is 112 Å². The third-order valence-corrected chi connectivity index (χ3v) is 8.84. The summed E-state index contributed by atoms with van der Waals surface area (Å²) in [7, 11) is 1.51. The molecule has 0 radical (unpaired) electrons. The molecule has 5 aromatic rings. The van der Waals surface area contributed by atoms with E-state index < -0.39 is 16.9 Å². The van der Waals surface area contributed by atoms with Crippen LogP contribution in [0.25, 0.3) is 11.8 Å². The van der Waals surface area contributed by atoms with Crippen LogP contribution in [-0.2, 0) is 16.1 Å². The molecule has 1 atom stereocenters. The molecule has 0 amide bonds. The Morgan fingerprint density at radius 3 is 2.42 bits per heavy atom. The van der Waals surface area contributed by atoms with Crippen molar-refractivity contribution in [3.8, 4) is 11.5 Å². The fourth-order valence-electron chi connectivity index (χ4n) is 5.37. The summed E-state index contributed by atoms with van der Waals surface area (Å²) in [5.74, 6) is 0.244. The number of methoxy groups -OCH3 is 1. The molecule has 12 heteroatoms. The first kappa shape index (κ1) is 32.4. The van der Waals surface area contributed by atoms with E-state index in [1.807, 2.05) is 30.3 Å². The maximum atomic E-state index is 14.3. The summed E-state index contributed by atoms with van der Waals surface area (Å²) < 4.78 is 19.1. The van der Waals surface area contributed by atoms with Crippen LogP contribution < -0.4 is 24.4 Å². The normalized spacial score (nSPS) is 14.2. The summed E-state index contributed by atoms with van der Waals surface area (Å²) in [5, 5.41) is 11.6. The molecule has 10 nitrogen and oxygen atoms in total. The first-order chi connectivity index (χ1) is 23.3. The topological polar surface area (TPSA) is 122 Å². The van der Waals surface area contributed by atoms with Gasteiger partial charge in [-0.2, -0.15) is 0 Å². The lowest BCUT2D eigenvalue weighted by Gasteiger charge is -2.26. The number of non-ortho nitro benzene ring substituents is 1. The van der Waals surface area contributed by atoms with E-state index in [0.29, 0.717) is 53.8 Å². The molecule has 1 aliphatic heterocycles. The van der Waals surface area contributed by atoms with Gasteiger partial charge in [-0.05, 0) is 54.5 Å². The van der Waals surface area contributed by atoms with Gasteiger partial charge in [0.2, 0.25) is 0 Å². The standard InChI is InChI=1S/C36H28ClN3O7S/c1-3-46-35(42)30-31(23-8-5-4-6-9-23)38-36-39(32(30)24-14-16-26(37)17-15-24)34(41)29(48-36)20-25-10-7-11-28(45-2)33(25)47-21-22-12-18-27(19-13-22)40(43)44/h4-20,32H,3,21H2,1-2H3/b29-20-/t32-/m0/s1. The number of carbonyl (C=O) groups is 1. The average Bonchev–Trinajstić information content (AvgIpc) is 3.41. The number of hydrogen-bond donors (Lipinski definition) is 0. The largest absolute Gasteiger partial charge is 0.493 e. The Balaban J connectivity index is 1.51. The minimum Gasteiger partial charge on any atom is -0.493 e. The van der Waals surface area contributed by atoms with E-state index in [4.69, 9.17) is 30.8 Å². The third-order valence-electron chi connectivity index (χ3n) is 7.61. The highest BCUT2D eigenvalue weighted by molar-refractivity contribution is 7.07. The average molecular weight is 682 g/mol. The summed E-state index contributed by atoms with van der Waals surface area (Å²) in [4.78, 5) is 43.9. The molecule has 2 heterocycles. The lowest BCUT2D eigenvalue weighted by molar-refractivity contribution is -0.384. The van der Waals surface area contributed by atoms with Crippen LogP contribution in [0.2, 0.25) is 5.02 Å². The third kappa shape index (κ3) is 6.51. The van der Waals surface area contributed by atoms with E-state index in [0.717, 1.165) is 0 Å². The van der Waals surface area contributed by atoms with E-state index in [9.17, 15) is 19.7 Å². The van der Waals surface area contributed by atoms with Crippen LogP contribution >= 0.6 is 22.9 Å². The number of aromatic nitrogens is 1. The van der Waals surface area contributed by atoms with Crippen LogP contribution in [0.1, 0.15) is 35.2 Å². The van der Waals surface area contributed by atoms with Crippen molar-refractivity contribution in [2.24, 2.45) is 4.99 Å². The number of nitro groups is 1. The molecule has 4 aromatic carbocycles. The zero-order chi connectivity index (χ0) is 33.8. The lowest BCUT2D eigenvalue weighted by atomic mass is 9.93. The summed E-state index contributed by atoms with van der Waals surface area (Å²) >= 11 is 7.41. The Morgan fingerprint density at radius 2 is 1.75 bits per heavy atom. The number of para-hydroxylation sites is 1. The number of fused-ring (bicyclic) bond motifs is 1. The molecule has 0 aliphatic carbocycles. The second-order valence-electron chi connectivity index (χ2n) is 10.6. The number of thiazole rings is 1. The van der Waals surface area contributed by atoms with Crippen LogP contribution in [0.4, 0.5) is 5.69 Å². The molecule has 0 spiro atoms. The van der Waals surface area contributed by atoms with Gasteiger partial charge in [0.15, 0.2) is 16.3 Å². The van der Waals surface area contributed by atoms with Gasteiger partial charge in [0, 0.05) is 28.3 Å². The molecule has 0 bridgehead atoms. The molecule has 0 unspecified atom stereocenters. The van der Waals surface area contributed by atoms with Crippen LogP contribution in [0, 0.1) is 10.1 Å². The monoisotopic (exact) mass is 681 g/mol. The van der Waals surface area contributed by atoms with Crippen molar-refractivity contribution in [1.29, 1.82) is 0 Å². The predicted molar refractivity (Wildman–Crippen MR) is 183 cm³/mol. The Labute approximate surface area is 283 Å². The zero-order valence-electron chi connectivity index (χ0n) is 25.8. The highest BCUT2D eigenvalue weighted by Crippen LogP contribution is 2.36. The summed E-state index contributed by atoms with van der Waals surface area (Å²) in [6.45, 7) is 1.96. The number of halogens is 1. The molecule has 48 heavy (non-hydrogen) atoms. The molecule has 1 aromatic heterocycles. The van der Waals surface area contributed by atoms with Crippen LogP contribution in [0.3, 0.4) is 0 Å². The van der Waals surface area contributed by atoms with E-state index in [1.54, 1.807) is 67.6 Å². The second kappa shape index (κ2) is 14.1. The summed E-state index contributed by atoms with van der Waals surface area (Å²) in [6, 6.07) is 26.8. The van der Waals surface area contributed by atoms with Gasteiger partial charge in [-0.15, -0.1) is 0 Å². The van der Waals surface area contributed by atoms with Crippen molar-refractivity contribution in [2.75, 3.05) is 13.7 Å². The molecule has 1 aliphatic rings. The second-order valence-corrected chi connectivity index (χ2v) is 12.0. The number of benzene rings is 4. The Bertz CT molecular complexity index is 2210. The number of carbonyl (C=O) groups excluding carboxylic acids is 1. The summed E-state index contributed by atoms with van der Waals surface area (Å²) in [5.41, 5.74) is 2.89. The van der Waals surface area contributed by atoms with E-state index in [1.165, 1.54) is 35.1 Å². The minimum atomic E-state index is -0.849. The van der Waals surface area contributed by atoms with Crippen molar-refractivity contribution in [3.05, 3.63) is 160 Å². The minimum absolute atomic E-state index is 0.0226. The van der Waals surface area contributed by atoms with E-state index >= 15 is 0 Å². The smallest absolute Gasteiger partial charge is 0.338 e. The first-order valence-corrected chi connectivity index (χ1v) is 16.1. The molecule has 242 valence electrons. The quantitative estimate of drug-likeness (QED) is 0.0994. The van der Waals surface area contributed by atoms with Gasteiger partial charge in [-0.1, -0.05) is 77.5 Å². The number of nitro benzene ring substituents is 1. The lowest BCUT2D eigenvalue weighted by Crippen LogP contribution is -2.40. The van der Waals surface area contributed by atoms with Gasteiger partial charge in [-0.3, -0.25) is 19.5 Å². The van der Waals surface area contributed by atoms with Crippen LogP contribution in [0.5, 0.6) is 11.5 Å². The number of hydrogen-bond acceptors (Lipinski definition) is 9. The molecular formula is C36H28ClN3O7S. The van der Waals surface area contributed by atoms with Gasteiger partial charge in [0.05, 0.1) is 40.5 Å². The predicted octanol–water partition coefficient (Wildman–Crippen LogP) is 6.08.